The van der Waals surface area contributed by atoms with E-state index in [4.69, 9.17) is 30.7 Å². The second-order valence-electron chi connectivity index (χ2n) is 7.92. The van der Waals surface area contributed by atoms with Crippen LogP contribution in [0.5, 0.6) is 11.5 Å². The fourth-order valence-electron chi connectivity index (χ4n) is 3.09. The first kappa shape index (κ1) is 29.0. The number of benzene rings is 2. The van der Waals surface area contributed by atoms with Gasteiger partial charge in [0.15, 0.2) is 0 Å². The lowest BCUT2D eigenvalue weighted by Gasteiger charge is -2.12. The van der Waals surface area contributed by atoms with Crippen LogP contribution in [0, 0.1) is 0 Å². The molecule has 12 nitrogen and oxygen atoms in total. The molecule has 0 atom stereocenters. The predicted octanol–water partition coefficient (Wildman–Crippen LogP) is 2.02. The molecular weight excluding hydrogens is 543 g/mol. The number of carbonyl (C=O) groups excluding carboxylic acids is 1. The summed E-state index contributed by atoms with van der Waals surface area (Å²) >= 11 is 0.934. The maximum atomic E-state index is 13.0. The standard InChI is InChI=1S/C22H29N4O8PS2/c23-5-1-7-33-18-10-16(11-19(13-18)34-8-2-6-24)22(27)26-17-3-4-20-15(9-17)12-21(36-20)37(31,32)25-14-35(28,29)30/h3-4,9-13,25H,1-2,5-8,14,23-24H2,(H,26,27)(H2,28,29,30). The van der Waals surface area contributed by atoms with Crippen molar-refractivity contribution < 1.29 is 37.0 Å². The van der Waals surface area contributed by atoms with Crippen LogP contribution in [0.4, 0.5) is 5.69 Å². The van der Waals surface area contributed by atoms with Crippen LogP contribution in [0.2, 0.25) is 0 Å². The largest absolute Gasteiger partial charge is 0.493 e. The first-order valence-electron chi connectivity index (χ1n) is 11.2. The highest BCUT2D eigenvalue weighted by Gasteiger charge is 2.22. The highest BCUT2D eigenvalue weighted by Crippen LogP contribution is 2.35. The van der Waals surface area contributed by atoms with Gasteiger partial charge in [0.25, 0.3) is 15.9 Å². The molecule has 3 aromatic rings. The van der Waals surface area contributed by atoms with Gasteiger partial charge in [-0.2, -0.15) is 4.72 Å². The fraction of sp³-hybridized carbons (Fsp3) is 0.318. The van der Waals surface area contributed by atoms with E-state index in [1.807, 2.05) is 4.72 Å². The summed E-state index contributed by atoms with van der Waals surface area (Å²) < 4.78 is 49.6. The molecule has 0 saturated carbocycles. The van der Waals surface area contributed by atoms with Crippen LogP contribution in [0.25, 0.3) is 10.1 Å². The summed E-state index contributed by atoms with van der Waals surface area (Å²) in [7, 11) is -8.67. The smallest absolute Gasteiger partial charge is 0.340 e. The van der Waals surface area contributed by atoms with E-state index in [0.29, 0.717) is 72.0 Å². The van der Waals surface area contributed by atoms with Gasteiger partial charge in [-0.15, -0.1) is 11.3 Å². The minimum atomic E-state index is -4.56. The zero-order chi connectivity index (χ0) is 27.1. The Labute approximate surface area is 218 Å². The number of ether oxygens (including phenoxy) is 2. The minimum Gasteiger partial charge on any atom is -0.493 e. The molecular formula is C22H29N4O8PS2. The first-order chi connectivity index (χ1) is 17.5. The Bertz CT molecular complexity index is 1360. The van der Waals surface area contributed by atoms with Crippen molar-refractivity contribution in [1.82, 2.24) is 4.72 Å². The van der Waals surface area contributed by atoms with Crippen molar-refractivity contribution in [1.29, 1.82) is 0 Å². The molecule has 202 valence electrons. The molecule has 1 amide bonds. The number of amides is 1. The number of hydrogen-bond acceptors (Lipinski definition) is 9. The first-order valence-corrected chi connectivity index (χ1v) is 15.3. The Morgan fingerprint density at radius 3 is 2.16 bits per heavy atom. The molecule has 37 heavy (non-hydrogen) atoms. The summed E-state index contributed by atoms with van der Waals surface area (Å²) in [5, 5.41) is 3.31. The van der Waals surface area contributed by atoms with Crippen LogP contribution in [0.15, 0.2) is 46.7 Å². The lowest BCUT2D eigenvalue weighted by atomic mass is 10.1. The Morgan fingerprint density at radius 2 is 1.59 bits per heavy atom. The van der Waals surface area contributed by atoms with E-state index in [1.165, 1.54) is 6.07 Å². The third kappa shape index (κ3) is 8.76. The summed E-state index contributed by atoms with van der Waals surface area (Å²) in [5.41, 5.74) is 11.7. The lowest BCUT2D eigenvalue weighted by Crippen LogP contribution is -2.23. The Hall–Kier alpha value is -2.55. The van der Waals surface area contributed by atoms with Crippen LogP contribution < -0.4 is 31.0 Å². The van der Waals surface area contributed by atoms with Crippen molar-refractivity contribution in [3.05, 3.63) is 48.0 Å². The average molecular weight is 573 g/mol. The van der Waals surface area contributed by atoms with Crippen LogP contribution in [-0.4, -0.2) is 56.7 Å². The quantitative estimate of drug-likeness (QED) is 0.122. The molecule has 15 heteroatoms. The number of thiophene rings is 1. The molecule has 0 spiro atoms. The number of nitrogens with two attached hydrogens (primary N) is 2. The molecule has 0 fully saturated rings. The van der Waals surface area contributed by atoms with Crippen molar-refractivity contribution in [3.63, 3.8) is 0 Å². The van der Waals surface area contributed by atoms with Crippen molar-refractivity contribution in [2.75, 3.05) is 37.9 Å². The molecule has 1 heterocycles. The summed E-state index contributed by atoms with van der Waals surface area (Å²) in [6.07, 6.45) is 0.289. The van der Waals surface area contributed by atoms with E-state index < -0.39 is 29.8 Å². The zero-order valence-corrected chi connectivity index (χ0v) is 22.3. The van der Waals surface area contributed by atoms with Crippen molar-refractivity contribution in [2.45, 2.75) is 17.1 Å². The number of sulfonamides is 1. The van der Waals surface area contributed by atoms with Gasteiger partial charge in [0, 0.05) is 22.0 Å². The monoisotopic (exact) mass is 572 g/mol. The lowest BCUT2D eigenvalue weighted by molar-refractivity contribution is 0.102. The topological polar surface area (TPSA) is 203 Å². The fourth-order valence-corrected chi connectivity index (χ4v) is 6.53. The van der Waals surface area contributed by atoms with Crippen molar-refractivity contribution in [2.24, 2.45) is 11.5 Å². The molecule has 0 radical (unpaired) electrons. The summed E-state index contributed by atoms with van der Waals surface area (Å²) in [4.78, 5) is 30.9. The third-order valence-electron chi connectivity index (χ3n) is 4.85. The molecule has 0 aliphatic carbocycles. The molecule has 2 aromatic carbocycles. The molecule has 0 aliphatic heterocycles. The van der Waals surface area contributed by atoms with E-state index in [9.17, 15) is 17.8 Å². The molecule has 1 aromatic heterocycles. The van der Waals surface area contributed by atoms with Gasteiger partial charge < -0.3 is 36.0 Å². The normalized spacial score (nSPS) is 12.0. The summed E-state index contributed by atoms with van der Waals surface area (Å²) in [6, 6.07) is 11.1. The van der Waals surface area contributed by atoms with Gasteiger partial charge >= 0.3 is 7.60 Å². The molecule has 0 saturated heterocycles. The van der Waals surface area contributed by atoms with E-state index in [0.717, 1.165) is 11.3 Å². The third-order valence-corrected chi connectivity index (χ3v) is 8.63. The van der Waals surface area contributed by atoms with Crippen molar-refractivity contribution >= 4 is 50.6 Å². The van der Waals surface area contributed by atoms with E-state index in [-0.39, 0.29) is 4.21 Å². The highest BCUT2D eigenvalue weighted by atomic mass is 32.2. The van der Waals surface area contributed by atoms with Gasteiger partial charge in [-0.1, -0.05) is 0 Å². The summed E-state index contributed by atoms with van der Waals surface area (Å²) in [5.74, 6) is 0.475. The highest BCUT2D eigenvalue weighted by molar-refractivity contribution is 7.92. The number of fused-ring (bicyclic) bond motifs is 1. The molecule has 0 bridgehead atoms. The van der Waals surface area contributed by atoms with Crippen molar-refractivity contribution in [3.8, 4) is 11.5 Å². The Morgan fingerprint density at radius 1 is 0.973 bits per heavy atom. The number of anilines is 1. The second-order valence-corrected chi connectivity index (χ2v) is 12.6. The van der Waals surface area contributed by atoms with E-state index in [2.05, 4.69) is 5.32 Å². The van der Waals surface area contributed by atoms with Crippen LogP contribution in [0.1, 0.15) is 23.2 Å². The molecule has 0 aliphatic rings. The van der Waals surface area contributed by atoms with Gasteiger partial charge in [-0.05, 0) is 67.7 Å². The van der Waals surface area contributed by atoms with E-state index in [1.54, 1.807) is 36.4 Å². The second kappa shape index (κ2) is 12.8. The summed E-state index contributed by atoms with van der Waals surface area (Å²) in [6.45, 7) is 1.70. The maximum absolute atomic E-state index is 13.0. The van der Waals surface area contributed by atoms with Crippen LogP contribution in [0.3, 0.4) is 0 Å². The molecule has 0 unspecified atom stereocenters. The minimum absolute atomic E-state index is 0.110. The number of nitrogens with one attached hydrogen (secondary N) is 2. The van der Waals surface area contributed by atoms with E-state index >= 15 is 0 Å². The number of carbonyl (C=O) groups is 1. The predicted molar refractivity (Wildman–Crippen MR) is 142 cm³/mol. The maximum Gasteiger partial charge on any atom is 0.340 e. The average Bonchev–Trinajstić information content (AvgIpc) is 3.27. The molecule has 8 N–H and O–H groups in total. The number of hydrogen-bond donors (Lipinski definition) is 6. The SMILES string of the molecule is NCCCOc1cc(OCCCN)cc(C(=O)Nc2ccc3sc(S(=O)(=O)NCP(=O)(O)O)cc3c2)c1. The van der Waals surface area contributed by atoms with Gasteiger partial charge in [0.2, 0.25) is 0 Å². The van der Waals surface area contributed by atoms with Gasteiger partial charge in [-0.3, -0.25) is 9.36 Å². The van der Waals surface area contributed by atoms with Gasteiger partial charge in [0.05, 0.1) is 13.2 Å². The van der Waals surface area contributed by atoms with Gasteiger partial charge in [-0.25, -0.2) is 8.42 Å². The van der Waals surface area contributed by atoms with Crippen LogP contribution >= 0.6 is 18.9 Å². The van der Waals surface area contributed by atoms with Gasteiger partial charge in [0.1, 0.15) is 22.0 Å². The molecule has 3 rings (SSSR count). The Kier molecular flexibility index (Phi) is 10.0. The Balaban J connectivity index is 1.79. The number of rotatable bonds is 14. The zero-order valence-electron chi connectivity index (χ0n) is 19.8. The van der Waals surface area contributed by atoms with Crippen LogP contribution in [-0.2, 0) is 14.6 Å².